The Bertz CT molecular complexity index is 601. The van der Waals surface area contributed by atoms with Gasteiger partial charge in [-0.05, 0) is 55.9 Å². The molecule has 0 unspecified atom stereocenters. The largest absolute Gasteiger partial charge is 0.315 e. The minimum Gasteiger partial charge on any atom is -0.315 e. The summed E-state index contributed by atoms with van der Waals surface area (Å²) in [6, 6.07) is 15.6. The Morgan fingerprint density at radius 3 is 2.05 bits per heavy atom. The van der Waals surface area contributed by atoms with Gasteiger partial charge in [0.1, 0.15) is 0 Å². The Labute approximate surface area is 128 Å². The summed E-state index contributed by atoms with van der Waals surface area (Å²) in [5.74, 6) is 0. The van der Waals surface area contributed by atoms with Gasteiger partial charge in [-0.2, -0.15) is 0 Å². The fourth-order valence-corrected chi connectivity index (χ4v) is 3.68. The van der Waals surface area contributed by atoms with Crippen molar-refractivity contribution in [3.8, 4) is 0 Å². The van der Waals surface area contributed by atoms with Crippen molar-refractivity contribution in [2.75, 3.05) is 13.1 Å². The van der Waals surface area contributed by atoms with Crippen molar-refractivity contribution in [1.29, 1.82) is 0 Å². The van der Waals surface area contributed by atoms with Crippen LogP contribution in [-0.2, 0) is 12.8 Å². The molecule has 0 amide bonds. The summed E-state index contributed by atoms with van der Waals surface area (Å²) in [5, 5.41) is 3.49. The topological polar surface area (TPSA) is 12.0 Å². The van der Waals surface area contributed by atoms with Crippen LogP contribution < -0.4 is 5.32 Å². The second-order valence-electron chi connectivity index (χ2n) is 6.82. The maximum absolute atomic E-state index is 3.49. The SMILES string of the molecule is Cc1cc(C)c(CC2(Cc3ccccc3)CNC2)c(C)c1. The van der Waals surface area contributed by atoms with E-state index in [1.807, 2.05) is 0 Å². The first-order valence-electron chi connectivity index (χ1n) is 7.89. The van der Waals surface area contributed by atoms with Gasteiger partial charge in [-0.25, -0.2) is 0 Å². The molecule has 0 bridgehead atoms. The summed E-state index contributed by atoms with van der Waals surface area (Å²) >= 11 is 0. The van der Waals surface area contributed by atoms with Gasteiger partial charge < -0.3 is 5.32 Å². The van der Waals surface area contributed by atoms with Crippen LogP contribution in [0.25, 0.3) is 0 Å². The van der Waals surface area contributed by atoms with E-state index in [9.17, 15) is 0 Å². The van der Waals surface area contributed by atoms with Gasteiger partial charge in [0, 0.05) is 18.5 Å². The van der Waals surface area contributed by atoms with E-state index in [4.69, 9.17) is 0 Å². The average molecular weight is 279 g/mol. The van der Waals surface area contributed by atoms with Gasteiger partial charge in [-0.1, -0.05) is 48.0 Å². The Morgan fingerprint density at radius 1 is 0.905 bits per heavy atom. The summed E-state index contributed by atoms with van der Waals surface area (Å²) in [6.45, 7) is 8.98. The lowest BCUT2D eigenvalue weighted by Crippen LogP contribution is -2.56. The zero-order valence-corrected chi connectivity index (χ0v) is 13.4. The normalized spacial score (nSPS) is 16.5. The van der Waals surface area contributed by atoms with Gasteiger partial charge in [0.2, 0.25) is 0 Å². The molecular formula is C20H25N. The molecule has 3 rings (SSSR count). The fourth-order valence-electron chi connectivity index (χ4n) is 3.68. The molecule has 0 aliphatic carbocycles. The molecule has 1 aliphatic heterocycles. The molecule has 0 atom stereocenters. The molecule has 1 heterocycles. The highest BCUT2D eigenvalue weighted by Crippen LogP contribution is 2.34. The van der Waals surface area contributed by atoms with Crippen LogP contribution in [-0.4, -0.2) is 13.1 Å². The Morgan fingerprint density at radius 2 is 1.52 bits per heavy atom. The van der Waals surface area contributed by atoms with Gasteiger partial charge in [-0.15, -0.1) is 0 Å². The standard InChI is InChI=1S/C20H25N/c1-15-9-16(2)19(17(3)10-15)12-20(13-21-14-20)11-18-7-5-4-6-8-18/h4-10,21H,11-14H2,1-3H3. The highest BCUT2D eigenvalue weighted by molar-refractivity contribution is 5.39. The van der Waals surface area contributed by atoms with Crippen LogP contribution >= 0.6 is 0 Å². The number of rotatable bonds is 4. The zero-order chi connectivity index (χ0) is 14.9. The van der Waals surface area contributed by atoms with E-state index in [2.05, 4.69) is 68.6 Å². The number of nitrogens with one attached hydrogen (secondary N) is 1. The van der Waals surface area contributed by atoms with Crippen molar-refractivity contribution >= 4 is 0 Å². The smallest absolute Gasteiger partial charge is 0.00333 e. The highest BCUT2D eigenvalue weighted by atomic mass is 15.0. The summed E-state index contributed by atoms with van der Waals surface area (Å²) in [6.07, 6.45) is 2.36. The van der Waals surface area contributed by atoms with Crippen molar-refractivity contribution < 1.29 is 0 Å². The lowest BCUT2D eigenvalue weighted by atomic mass is 9.71. The van der Waals surface area contributed by atoms with Crippen molar-refractivity contribution in [3.05, 3.63) is 70.3 Å². The number of aryl methyl sites for hydroxylation is 3. The van der Waals surface area contributed by atoms with Crippen LogP contribution in [0.5, 0.6) is 0 Å². The van der Waals surface area contributed by atoms with Gasteiger partial charge in [0.25, 0.3) is 0 Å². The minimum atomic E-state index is 0.395. The number of hydrogen-bond acceptors (Lipinski definition) is 1. The second kappa shape index (κ2) is 5.65. The lowest BCUT2D eigenvalue weighted by Gasteiger charge is -2.44. The average Bonchev–Trinajstić information content (AvgIpc) is 2.41. The molecular weight excluding hydrogens is 254 g/mol. The molecule has 0 saturated carbocycles. The lowest BCUT2D eigenvalue weighted by molar-refractivity contribution is 0.166. The van der Waals surface area contributed by atoms with Crippen molar-refractivity contribution in [3.63, 3.8) is 0 Å². The molecule has 1 heteroatoms. The third kappa shape index (κ3) is 3.03. The third-order valence-corrected chi connectivity index (χ3v) is 4.81. The van der Waals surface area contributed by atoms with E-state index in [-0.39, 0.29) is 0 Å². The molecule has 0 radical (unpaired) electrons. The Hall–Kier alpha value is -1.60. The molecule has 110 valence electrons. The molecule has 2 aromatic carbocycles. The first-order chi connectivity index (χ1) is 10.1. The van der Waals surface area contributed by atoms with E-state index in [0.29, 0.717) is 5.41 Å². The van der Waals surface area contributed by atoms with Crippen molar-refractivity contribution in [2.45, 2.75) is 33.6 Å². The van der Waals surface area contributed by atoms with Crippen LogP contribution in [0.1, 0.15) is 27.8 Å². The van der Waals surface area contributed by atoms with Gasteiger partial charge in [-0.3, -0.25) is 0 Å². The number of benzene rings is 2. The maximum Gasteiger partial charge on any atom is 0.00333 e. The molecule has 1 N–H and O–H groups in total. The Kier molecular flexibility index (Phi) is 3.86. The monoisotopic (exact) mass is 279 g/mol. The molecule has 2 aromatic rings. The molecule has 21 heavy (non-hydrogen) atoms. The van der Waals surface area contributed by atoms with Crippen LogP contribution in [0.4, 0.5) is 0 Å². The molecule has 0 spiro atoms. The van der Waals surface area contributed by atoms with E-state index < -0.39 is 0 Å². The predicted molar refractivity (Wildman–Crippen MR) is 89.8 cm³/mol. The van der Waals surface area contributed by atoms with E-state index in [0.717, 1.165) is 13.1 Å². The van der Waals surface area contributed by atoms with Crippen LogP contribution in [0.2, 0.25) is 0 Å². The van der Waals surface area contributed by atoms with E-state index in [1.165, 1.54) is 35.1 Å². The summed E-state index contributed by atoms with van der Waals surface area (Å²) < 4.78 is 0. The molecule has 1 fully saturated rings. The molecule has 1 nitrogen and oxygen atoms in total. The fraction of sp³-hybridized carbons (Fsp3) is 0.400. The van der Waals surface area contributed by atoms with Gasteiger partial charge in [0.15, 0.2) is 0 Å². The molecule has 0 aromatic heterocycles. The van der Waals surface area contributed by atoms with Gasteiger partial charge >= 0.3 is 0 Å². The van der Waals surface area contributed by atoms with Crippen LogP contribution in [0, 0.1) is 26.2 Å². The first kappa shape index (κ1) is 14.3. The summed E-state index contributed by atoms with van der Waals surface area (Å²) in [5.41, 5.74) is 7.68. The first-order valence-corrected chi connectivity index (χ1v) is 7.89. The molecule has 1 saturated heterocycles. The van der Waals surface area contributed by atoms with E-state index >= 15 is 0 Å². The van der Waals surface area contributed by atoms with Crippen molar-refractivity contribution in [2.24, 2.45) is 5.41 Å². The third-order valence-electron chi connectivity index (χ3n) is 4.81. The number of hydrogen-bond donors (Lipinski definition) is 1. The highest BCUT2D eigenvalue weighted by Gasteiger charge is 2.37. The molecule has 1 aliphatic rings. The van der Waals surface area contributed by atoms with Crippen LogP contribution in [0.3, 0.4) is 0 Å². The van der Waals surface area contributed by atoms with Crippen molar-refractivity contribution in [1.82, 2.24) is 5.32 Å². The summed E-state index contributed by atoms with van der Waals surface area (Å²) in [7, 11) is 0. The maximum atomic E-state index is 3.49. The quantitative estimate of drug-likeness (QED) is 0.892. The summed E-state index contributed by atoms with van der Waals surface area (Å²) in [4.78, 5) is 0. The van der Waals surface area contributed by atoms with Gasteiger partial charge in [0.05, 0.1) is 0 Å². The van der Waals surface area contributed by atoms with E-state index in [1.54, 1.807) is 5.56 Å². The Balaban J connectivity index is 1.85. The predicted octanol–water partition coefficient (Wildman–Crippen LogP) is 3.99. The minimum absolute atomic E-state index is 0.395. The zero-order valence-electron chi connectivity index (χ0n) is 13.4. The second-order valence-corrected chi connectivity index (χ2v) is 6.82. The van der Waals surface area contributed by atoms with Crippen LogP contribution in [0.15, 0.2) is 42.5 Å².